The highest BCUT2D eigenvalue weighted by molar-refractivity contribution is 7.12. The molecule has 26 heavy (non-hydrogen) atoms. The summed E-state index contributed by atoms with van der Waals surface area (Å²) >= 11 is 1.34. The minimum absolute atomic E-state index is 0.0280. The fraction of sp³-hybridized carbons (Fsp3) is 0.100. The summed E-state index contributed by atoms with van der Waals surface area (Å²) in [4.78, 5) is 24.4. The van der Waals surface area contributed by atoms with Crippen LogP contribution in [0.4, 0.5) is 15.8 Å². The first kappa shape index (κ1) is 17.8. The SMILES string of the molecule is CC(=O)Nc1cc(NC(=O)c2sccc2-c2ccc(C)cc2)ccc1F. The van der Waals surface area contributed by atoms with Crippen LogP contribution in [0.15, 0.2) is 53.9 Å². The minimum Gasteiger partial charge on any atom is -0.324 e. The molecule has 0 aliphatic rings. The van der Waals surface area contributed by atoms with E-state index in [4.69, 9.17) is 0 Å². The van der Waals surface area contributed by atoms with Gasteiger partial charge in [-0.25, -0.2) is 4.39 Å². The predicted molar refractivity (Wildman–Crippen MR) is 103 cm³/mol. The Morgan fingerprint density at radius 2 is 1.73 bits per heavy atom. The van der Waals surface area contributed by atoms with Crippen LogP contribution in [0.3, 0.4) is 0 Å². The summed E-state index contributed by atoms with van der Waals surface area (Å²) in [6.07, 6.45) is 0. The van der Waals surface area contributed by atoms with E-state index >= 15 is 0 Å². The monoisotopic (exact) mass is 368 g/mol. The lowest BCUT2D eigenvalue weighted by Crippen LogP contribution is -2.13. The molecule has 1 heterocycles. The number of amides is 2. The Bertz CT molecular complexity index is 964. The first-order valence-corrected chi connectivity index (χ1v) is 8.85. The molecule has 3 rings (SSSR count). The van der Waals surface area contributed by atoms with E-state index in [1.165, 1.54) is 36.5 Å². The molecule has 0 unspecified atom stereocenters. The topological polar surface area (TPSA) is 58.2 Å². The molecule has 6 heteroatoms. The fourth-order valence-electron chi connectivity index (χ4n) is 2.52. The average Bonchev–Trinajstić information content (AvgIpc) is 3.08. The van der Waals surface area contributed by atoms with Gasteiger partial charge in [-0.15, -0.1) is 11.3 Å². The molecule has 132 valence electrons. The molecule has 0 saturated heterocycles. The van der Waals surface area contributed by atoms with E-state index in [1.807, 2.05) is 42.6 Å². The van der Waals surface area contributed by atoms with E-state index in [0.717, 1.165) is 16.7 Å². The summed E-state index contributed by atoms with van der Waals surface area (Å²) in [5, 5.41) is 7.02. The number of hydrogen-bond donors (Lipinski definition) is 2. The zero-order valence-corrected chi connectivity index (χ0v) is 15.1. The van der Waals surface area contributed by atoms with Crippen molar-refractivity contribution < 1.29 is 14.0 Å². The van der Waals surface area contributed by atoms with Crippen LogP contribution in [0, 0.1) is 12.7 Å². The molecule has 0 spiro atoms. The number of rotatable bonds is 4. The summed E-state index contributed by atoms with van der Waals surface area (Å²) < 4.78 is 13.7. The van der Waals surface area contributed by atoms with Gasteiger partial charge in [0.1, 0.15) is 5.82 Å². The number of carbonyl (C=O) groups is 2. The van der Waals surface area contributed by atoms with Crippen molar-refractivity contribution in [3.05, 3.63) is 70.2 Å². The Morgan fingerprint density at radius 3 is 2.42 bits per heavy atom. The van der Waals surface area contributed by atoms with Gasteiger partial charge >= 0.3 is 0 Å². The van der Waals surface area contributed by atoms with Crippen molar-refractivity contribution in [1.29, 1.82) is 0 Å². The van der Waals surface area contributed by atoms with Crippen LogP contribution >= 0.6 is 11.3 Å². The lowest BCUT2D eigenvalue weighted by Gasteiger charge is -2.09. The first-order valence-electron chi connectivity index (χ1n) is 7.97. The van der Waals surface area contributed by atoms with Gasteiger partial charge in [-0.05, 0) is 42.1 Å². The fourth-order valence-corrected chi connectivity index (χ4v) is 3.33. The third-order valence-corrected chi connectivity index (χ3v) is 4.68. The number of hydrogen-bond acceptors (Lipinski definition) is 3. The zero-order valence-electron chi connectivity index (χ0n) is 14.3. The molecule has 0 fully saturated rings. The Morgan fingerprint density at radius 1 is 1.00 bits per heavy atom. The number of aryl methyl sites for hydroxylation is 1. The maximum absolute atomic E-state index is 13.7. The lowest BCUT2D eigenvalue weighted by molar-refractivity contribution is -0.114. The zero-order chi connectivity index (χ0) is 18.7. The molecule has 0 saturated carbocycles. The van der Waals surface area contributed by atoms with Crippen LogP contribution in [-0.2, 0) is 4.79 Å². The minimum atomic E-state index is -0.560. The first-order chi connectivity index (χ1) is 12.4. The number of nitrogens with one attached hydrogen (secondary N) is 2. The van der Waals surface area contributed by atoms with Crippen molar-refractivity contribution in [2.75, 3.05) is 10.6 Å². The maximum Gasteiger partial charge on any atom is 0.266 e. The number of carbonyl (C=O) groups excluding carboxylic acids is 2. The molecule has 0 aliphatic carbocycles. The summed E-state index contributed by atoms with van der Waals surface area (Å²) in [7, 11) is 0. The molecule has 0 aliphatic heterocycles. The summed E-state index contributed by atoms with van der Waals surface area (Å²) in [6, 6.07) is 13.9. The van der Waals surface area contributed by atoms with Gasteiger partial charge in [0.25, 0.3) is 5.91 Å². The van der Waals surface area contributed by atoms with Crippen LogP contribution in [-0.4, -0.2) is 11.8 Å². The van der Waals surface area contributed by atoms with E-state index in [9.17, 15) is 14.0 Å². The number of benzene rings is 2. The number of anilines is 2. The van der Waals surface area contributed by atoms with Gasteiger partial charge in [0.15, 0.2) is 0 Å². The average molecular weight is 368 g/mol. The molecule has 2 amide bonds. The van der Waals surface area contributed by atoms with E-state index in [-0.39, 0.29) is 17.5 Å². The van der Waals surface area contributed by atoms with Gasteiger partial charge in [0.05, 0.1) is 10.6 Å². The molecular formula is C20H17FN2O2S. The quantitative estimate of drug-likeness (QED) is 0.675. The van der Waals surface area contributed by atoms with E-state index in [2.05, 4.69) is 10.6 Å². The van der Waals surface area contributed by atoms with Crippen LogP contribution < -0.4 is 10.6 Å². The maximum atomic E-state index is 13.7. The highest BCUT2D eigenvalue weighted by atomic mass is 32.1. The molecule has 2 aromatic carbocycles. The predicted octanol–water partition coefficient (Wildman–Crippen LogP) is 5.07. The van der Waals surface area contributed by atoms with Crippen molar-refractivity contribution >= 4 is 34.5 Å². The largest absolute Gasteiger partial charge is 0.324 e. The smallest absolute Gasteiger partial charge is 0.266 e. The summed E-state index contributed by atoms with van der Waals surface area (Å²) in [6.45, 7) is 3.30. The number of thiophene rings is 1. The van der Waals surface area contributed by atoms with Gasteiger partial charge in [-0.1, -0.05) is 29.8 Å². The highest BCUT2D eigenvalue weighted by Crippen LogP contribution is 2.30. The molecule has 3 aromatic rings. The summed E-state index contributed by atoms with van der Waals surface area (Å²) in [5.74, 6) is -1.22. The highest BCUT2D eigenvalue weighted by Gasteiger charge is 2.15. The van der Waals surface area contributed by atoms with Crippen LogP contribution in [0.1, 0.15) is 22.2 Å². The van der Waals surface area contributed by atoms with Gasteiger partial charge in [-0.2, -0.15) is 0 Å². The van der Waals surface area contributed by atoms with Gasteiger partial charge < -0.3 is 10.6 Å². The third kappa shape index (κ3) is 3.97. The van der Waals surface area contributed by atoms with Crippen molar-refractivity contribution in [3.63, 3.8) is 0 Å². The molecule has 0 radical (unpaired) electrons. The Balaban J connectivity index is 1.84. The normalized spacial score (nSPS) is 10.4. The molecule has 2 N–H and O–H groups in total. The van der Waals surface area contributed by atoms with Gasteiger partial charge in [0, 0.05) is 18.2 Å². The second-order valence-corrected chi connectivity index (χ2v) is 6.78. The van der Waals surface area contributed by atoms with Crippen molar-refractivity contribution in [2.24, 2.45) is 0 Å². The van der Waals surface area contributed by atoms with Crippen molar-refractivity contribution in [1.82, 2.24) is 0 Å². The second-order valence-electron chi connectivity index (χ2n) is 5.86. The van der Waals surface area contributed by atoms with Crippen molar-refractivity contribution in [3.8, 4) is 11.1 Å². The molecule has 0 atom stereocenters. The van der Waals surface area contributed by atoms with E-state index in [1.54, 1.807) is 0 Å². The molecule has 4 nitrogen and oxygen atoms in total. The molecule has 0 bridgehead atoms. The summed E-state index contributed by atoms with van der Waals surface area (Å²) in [5.41, 5.74) is 3.38. The van der Waals surface area contributed by atoms with Gasteiger partial charge in [-0.3, -0.25) is 9.59 Å². The third-order valence-electron chi connectivity index (χ3n) is 3.77. The van der Waals surface area contributed by atoms with E-state index < -0.39 is 5.82 Å². The van der Waals surface area contributed by atoms with Gasteiger partial charge in [0.2, 0.25) is 5.91 Å². The van der Waals surface area contributed by atoms with Crippen LogP contribution in [0.5, 0.6) is 0 Å². The van der Waals surface area contributed by atoms with E-state index in [0.29, 0.717) is 10.6 Å². The Kier molecular flexibility index (Phi) is 5.14. The second kappa shape index (κ2) is 7.49. The molecular weight excluding hydrogens is 351 g/mol. The van der Waals surface area contributed by atoms with Crippen LogP contribution in [0.2, 0.25) is 0 Å². The number of halogens is 1. The van der Waals surface area contributed by atoms with Crippen molar-refractivity contribution in [2.45, 2.75) is 13.8 Å². The lowest BCUT2D eigenvalue weighted by atomic mass is 10.0. The standard InChI is InChI=1S/C20H17FN2O2S/c1-12-3-5-14(6-4-12)16-9-10-26-19(16)20(25)23-15-7-8-17(21)18(11-15)22-13(2)24/h3-11H,1-2H3,(H,22,24)(H,23,25). The Hall–Kier alpha value is -2.99. The molecule has 1 aromatic heterocycles. The van der Waals surface area contributed by atoms with Crippen LogP contribution in [0.25, 0.3) is 11.1 Å². The Labute approximate surface area is 154 Å².